The molecule has 0 saturated heterocycles. The highest BCUT2D eigenvalue weighted by molar-refractivity contribution is 5.96. The predicted octanol–water partition coefficient (Wildman–Crippen LogP) is 10.3. The van der Waals surface area contributed by atoms with Gasteiger partial charge in [0.1, 0.15) is 11.0 Å². The molecule has 0 spiro atoms. The van der Waals surface area contributed by atoms with Crippen molar-refractivity contribution in [1.82, 2.24) is 9.97 Å². The van der Waals surface area contributed by atoms with E-state index in [0.29, 0.717) is 11.8 Å². The molecule has 42 heavy (non-hydrogen) atoms. The predicted molar refractivity (Wildman–Crippen MR) is 169 cm³/mol. The lowest BCUT2D eigenvalue weighted by Crippen LogP contribution is -1.92. The molecular formula is C38H24N2O2. The summed E-state index contributed by atoms with van der Waals surface area (Å²) in [7, 11) is 0. The van der Waals surface area contributed by atoms with E-state index in [-0.39, 0.29) is 0 Å². The van der Waals surface area contributed by atoms with Gasteiger partial charge in [0.25, 0.3) is 0 Å². The molecule has 0 N–H and O–H groups in total. The van der Waals surface area contributed by atoms with Crippen LogP contribution in [0.2, 0.25) is 0 Å². The molecule has 0 aliphatic carbocycles. The van der Waals surface area contributed by atoms with Gasteiger partial charge in [-0.15, -0.1) is 0 Å². The van der Waals surface area contributed by atoms with E-state index < -0.39 is 0 Å². The summed E-state index contributed by atoms with van der Waals surface area (Å²) >= 11 is 0. The lowest BCUT2D eigenvalue weighted by atomic mass is 9.87. The fourth-order valence-corrected chi connectivity index (χ4v) is 5.58. The van der Waals surface area contributed by atoms with Gasteiger partial charge in [-0.05, 0) is 81.9 Å². The van der Waals surface area contributed by atoms with Gasteiger partial charge in [-0.1, -0.05) is 97.1 Å². The second kappa shape index (κ2) is 10.0. The van der Waals surface area contributed by atoms with Crippen molar-refractivity contribution >= 4 is 22.2 Å². The van der Waals surface area contributed by atoms with Crippen LogP contribution in [0.4, 0.5) is 0 Å². The Hall–Kier alpha value is -5.74. The normalized spacial score (nSPS) is 11.3. The second-order valence-corrected chi connectivity index (χ2v) is 10.2. The molecular weight excluding hydrogens is 516 g/mol. The van der Waals surface area contributed by atoms with Crippen molar-refractivity contribution in [2.24, 2.45) is 0 Å². The zero-order valence-electron chi connectivity index (χ0n) is 22.6. The third-order valence-corrected chi connectivity index (χ3v) is 7.56. The van der Waals surface area contributed by atoms with Crippen molar-refractivity contribution in [3.8, 4) is 56.3 Å². The number of hydrogen-bond donors (Lipinski definition) is 0. The summed E-state index contributed by atoms with van der Waals surface area (Å²) in [4.78, 5) is 9.50. The Morgan fingerprint density at radius 2 is 0.810 bits per heavy atom. The highest BCUT2D eigenvalue weighted by Crippen LogP contribution is 2.42. The summed E-state index contributed by atoms with van der Waals surface area (Å²) in [5.41, 5.74) is 11.8. The van der Waals surface area contributed by atoms with Crippen molar-refractivity contribution in [2.45, 2.75) is 0 Å². The monoisotopic (exact) mass is 540 g/mol. The molecule has 0 unspecified atom stereocenters. The SMILES string of the molecule is c1ccc(-c2cccc(-c3cccc(-c4nc5ccccc5o4)c3)c2-c2cccc(-c3nc4ccccc4o3)c2)cc1. The molecule has 0 aliphatic heterocycles. The van der Waals surface area contributed by atoms with E-state index in [1.807, 2.05) is 66.7 Å². The molecule has 0 saturated carbocycles. The minimum Gasteiger partial charge on any atom is -0.436 e. The molecule has 2 heterocycles. The van der Waals surface area contributed by atoms with Gasteiger partial charge < -0.3 is 8.83 Å². The fourth-order valence-electron chi connectivity index (χ4n) is 5.58. The molecule has 6 aromatic carbocycles. The smallest absolute Gasteiger partial charge is 0.227 e. The minimum atomic E-state index is 0.606. The molecule has 8 aromatic rings. The van der Waals surface area contributed by atoms with Gasteiger partial charge in [0, 0.05) is 11.1 Å². The Kier molecular flexibility index (Phi) is 5.75. The average Bonchev–Trinajstić information content (AvgIpc) is 3.70. The number of rotatable bonds is 5. The van der Waals surface area contributed by atoms with Crippen LogP contribution < -0.4 is 0 Å². The highest BCUT2D eigenvalue weighted by Gasteiger charge is 2.17. The van der Waals surface area contributed by atoms with Gasteiger partial charge in [-0.3, -0.25) is 0 Å². The van der Waals surface area contributed by atoms with E-state index in [4.69, 9.17) is 18.8 Å². The number of hydrogen-bond acceptors (Lipinski definition) is 4. The van der Waals surface area contributed by atoms with Gasteiger partial charge in [0.2, 0.25) is 11.8 Å². The Morgan fingerprint density at radius 1 is 0.357 bits per heavy atom. The molecule has 4 nitrogen and oxygen atoms in total. The summed E-state index contributed by atoms with van der Waals surface area (Å²) in [5.74, 6) is 1.21. The van der Waals surface area contributed by atoms with Gasteiger partial charge in [0.15, 0.2) is 11.2 Å². The number of aromatic nitrogens is 2. The number of nitrogens with zero attached hydrogens (tertiary/aromatic N) is 2. The zero-order valence-corrected chi connectivity index (χ0v) is 22.6. The van der Waals surface area contributed by atoms with E-state index in [1.165, 1.54) is 0 Å². The first-order chi connectivity index (χ1) is 20.8. The van der Waals surface area contributed by atoms with Crippen LogP contribution >= 0.6 is 0 Å². The summed E-state index contributed by atoms with van der Waals surface area (Å²) < 4.78 is 12.2. The standard InChI is InChI=1S/C38H24N2O2/c1-2-11-25(12-3-1)30-17-10-18-31(26-13-8-15-28(23-26)37-39-32-19-4-6-21-34(32)41-37)36(30)27-14-9-16-29(24-27)38-40-33-20-5-7-22-35(33)42-38/h1-24H. The van der Waals surface area contributed by atoms with E-state index >= 15 is 0 Å². The summed E-state index contributed by atoms with van der Waals surface area (Å²) in [6.45, 7) is 0. The highest BCUT2D eigenvalue weighted by atomic mass is 16.4. The lowest BCUT2D eigenvalue weighted by Gasteiger charge is -2.17. The van der Waals surface area contributed by atoms with E-state index in [2.05, 4.69) is 78.9 Å². The van der Waals surface area contributed by atoms with Crippen LogP contribution in [0, 0.1) is 0 Å². The molecule has 4 heteroatoms. The van der Waals surface area contributed by atoms with Crippen molar-refractivity contribution in [1.29, 1.82) is 0 Å². The van der Waals surface area contributed by atoms with Gasteiger partial charge in [0.05, 0.1) is 0 Å². The molecule has 0 fully saturated rings. The van der Waals surface area contributed by atoms with Gasteiger partial charge in [-0.2, -0.15) is 0 Å². The van der Waals surface area contributed by atoms with Crippen molar-refractivity contribution in [2.75, 3.05) is 0 Å². The van der Waals surface area contributed by atoms with E-state index in [9.17, 15) is 0 Å². The number of oxazole rings is 2. The van der Waals surface area contributed by atoms with E-state index in [1.54, 1.807) is 0 Å². The molecule has 8 rings (SSSR count). The van der Waals surface area contributed by atoms with Crippen LogP contribution in [0.1, 0.15) is 0 Å². The summed E-state index contributed by atoms with van der Waals surface area (Å²) in [6.07, 6.45) is 0. The van der Waals surface area contributed by atoms with Crippen molar-refractivity contribution in [3.63, 3.8) is 0 Å². The maximum Gasteiger partial charge on any atom is 0.227 e. The number of benzene rings is 6. The molecule has 198 valence electrons. The third kappa shape index (κ3) is 4.27. The first-order valence-corrected chi connectivity index (χ1v) is 13.9. The molecule has 0 bridgehead atoms. The molecule has 0 aliphatic rings. The minimum absolute atomic E-state index is 0.606. The van der Waals surface area contributed by atoms with Crippen LogP contribution in [0.3, 0.4) is 0 Å². The first-order valence-electron chi connectivity index (χ1n) is 13.9. The average molecular weight is 541 g/mol. The summed E-state index contributed by atoms with van der Waals surface area (Å²) in [5, 5.41) is 0. The Morgan fingerprint density at radius 3 is 1.43 bits per heavy atom. The second-order valence-electron chi connectivity index (χ2n) is 10.2. The van der Waals surface area contributed by atoms with Crippen LogP contribution in [0.5, 0.6) is 0 Å². The maximum atomic E-state index is 6.14. The molecule has 0 amide bonds. The first kappa shape index (κ1) is 24.1. The van der Waals surface area contributed by atoms with Crippen molar-refractivity contribution in [3.05, 3.63) is 146 Å². The molecule has 2 aromatic heterocycles. The van der Waals surface area contributed by atoms with Crippen molar-refractivity contribution < 1.29 is 8.83 Å². The Labute approximate surface area is 242 Å². The van der Waals surface area contributed by atoms with E-state index in [0.717, 1.165) is 66.7 Å². The maximum absolute atomic E-state index is 6.14. The van der Waals surface area contributed by atoms with Gasteiger partial charge in [-0.25, -0.2) is 9.97 Å². The Balaban J connectivity index is 1.31. The van der Waals surface area contributed by atoms with Gasteiger partial charge >= 0.3 is 0 Å². The molecule has 0 radical (unpaired) electrons. The summed E-state index contributed by atoms with van der Waals surface area (Å²) in [6, 6.07) is 49.6. The Bertz CT molecular complexity index is 2140. The largest absolute Gasteiger partial charge is 0.436 e. The van der Waals surface area contributed by atoms with Crippen LogP contribution in [-0.4, -0.2) is 9.97 Å². The quantitative estimate of drug-likeness (QED) is 0.218. The topological polar surface area (TPSA) is 52.1 Å². The third-order valence-electron chi connectivity index (χ3n) is 7.56. The van der Waals surface area contributed by atoms with Crippen LogP contribution in [0.15, 0.2) is 154 Å². The van der Waals surface area contributed by atoms with Crippen LogP contribution in [-0.2, 0) is 0 Å². The molecule has 0 atom stereocenters. The van der Waals surface area contributed by atoms with Crippen LogP contribution in [0.25, 0.3) is 78.5 Å². The zero-order chi connectivity index (χ0) is 27.9. The number of para-hydroxylation sites is 4. The number of fused-ring (bicyclic) bond motifs is 2. The fraction of sp³-hybridized carbons (Fsp3) is 0. The lowest BCUT2D eigenvalue weighted by molar-refractivity contribution is 0.619.